The Bertz CT molecular complexity index is 2280. The van der Waals surface area contributed by atoms with Crippen LogP contribution >= 0.6 is 0 Å². The first kappa shape index (κ1) is 28.2. The van der Waals surface area contributed by atoms with Gasteiger partial charge in [0, 0.05) is 39.5 Å². The molecule has 0 amide bonds. The van der Waals surface area contributed by atoms with Gasteiger partial charge in [-0.1, -0.05) is 127 Å². The van der Waals surface area contributed by atoms with Crippen LogP contribution in [-0.4, -0.2) is 19.9 Å². The average molecular weight is 624 g/mol. The summed E-state index contributed by atoms with van der Waals surface area (Å²) in [6.45, 7) is 0. The van der Waals surface area contributed by atoms with Gasteiger partial charge in [0.2, 0.25) is 0 Å². The minimum atomic E-state index is -1.44. The quantitative estimate of drug-likeness (QED) is 0.134. The van der Waals surface area contributed by atoms with Gasteiger partial charge in [0.15, 0.2) is 0 Å². The number of hydrogen-bond donors (Lipinski definition) is 0. The summed E-state index contributed by atoms with van der Waals surface area (Å²) in [6.07, 6.45) is 5.38. The Morgan fingerprint density at radius 2 is 0.711 bits per heavy atom. The van der Waals surface area contributed by atoms with Crippen LogP contribution in [0.2, 0.25) is 0 Å². The van der Waals surface area contributed by atoms with Crippen molar-refractivity contribution < 1.29 is 22.5 Å². The molecule has 0 aliphatic carbocycles. The first-order valence-corrected chi connectivity index (χ1v) is 15.3. The number of hydrogen-bond acceptors (Lipinski definition) is 6. The molecule has 2 heterocycles. The minimum Gasteiger partial charge on any atom is -0.252 e. The molecule has 7 aromatic carbocycles. The first-order valence-electron chi connectivity index (χ1n) is 14.3. The van der Waals surface area contributed by atoms with E-state index in [0.717, 1.165) is 44.1 Å². The molecule has 2 aromatic heterocycles. The van der Waals surface area contributed by atoms with Gasteiger partial charge in [-0.25, -0.2) is 4.98 Å². The van der Waals surface area contributed by atoms with E-state index < -0.39 is 14.8 Å². The Hall–Kier alpha value is -5.62. The summed E-state index contributed by atoms with van der Waals surface area (Å²) in [5.41, 5.74) is 5.88. The Kier molecular flexibility index (Phi) is 7.85. The van der Waals surface area contributed by atoms with Crippen LogP contribution in [0.25, 0.3) is 76.4 Å². The molecule has 0 bridgehead atoms. The molecule has 0 N–H and O–H groups in total. The molecule has 45 heavy (non-hydrogen) atoms. The van der Waals surface area contributed by atoms with Crippen molar-refractivity contribution in [2.45, 2.75) is 0 Å². The van der Waals surface area contributed by atoms with Crippen molar-refractivity contribution in [3.63, 3.8) is 0 Å². The molecular weight excluding hydrogens is 599 g/mol. The Morgan fingerprint density at radius 3 is 1.13 bits per heavy atom. The standard InChI is InChI=1S/C22H14N2.C16H10N2.Mn.2O/c1-2-8-15(9-3-1)20-14-23-21-18-12-6-4-10-16(18)17-11-5-7-13-19(17)22(21)24-20;1-3-7-13-11(5-1)12-6-2-4-8-14(12)16-15(13)17-9-10-18-16;;;/h1-14H;1-10H;;;. The predicted molar refractivity (Wildman–Crippen MR) is 176 cm³/mol. The van der Waals surface area contributed by atoms with E-state index in [1.165, 1.54) is 32.3 Å². The van der Waals surface area contributed by atoms with Crippen molar-refractivity contribution in [2.75, 3.05) is 0 Å². The first-order chi connectivity index (χ1) is 22.3. The molecule has 0 spiro atoms. The average Bonchev–Trinajstić information content (AvgIpc) is 3.13. The van der Waals surface area contributed by atoms with Gasteiger partial charge in [0.25, 0.3) is 0 Å². The molecule has 0 atom stereocenters. The number of benzene rings is 7. The zero-order valence-corrected chi connectivity index (χ0v) is 25.0. The Labute approximate surface area is 264 Å². The van der Waals surface area contributed by atoms with Crippen LogP contribution in [0.3, 0.4) is 0 Å². The van der Waals surface area contributed by atoms with Gasteiger partial charge in [0.1, 0.15) is 0 Å². The smallest absolute Gasteiger partial charge is 0.0979 e. The molecule has 9 rings (SSSR count). The second kappa shape index (κ2) is 12.5. The topological polar surface area (TPSA) is 85.7 Å². The van der Waals surface area contributed by atoms with Crippen molar-refractivity contribution >= 4 is 65.2 Å². The van der Waals surface area contributed by atoms with E-state index in [9.17, 15) is 0 Å². The second-order valence-electron chi connectivity index (χ2n) is 10.3. The molecular formula is C38H24MnN4O2. The van der Waals surface area contributed by atoms with E-state index >= 15 is 0 Å². The zero-order valence-electron chi connectivity index (χ0n) is 23.8. The molecule has 7 heteroatoms. The molecule has 0 fully saturated rings. The van der Waals surface area contributed by atoms with Crippen LogP contribution in [0.4, 0.5) is 0 Å². The fraction of sp³-hybridized carbons (Fsp3) is 0. The van der Waals surface area contributed by atoms with Gasteiger partial charge in [-0.3, -0.25) is 15.0 Å². The van der Waals surface area contributed by atoms with Crippen molar-refractivity contribution in [3.8, 4) is 11.3 Å². The molecule has 0 saturated heterocycles. The van der Waals surface area contributed by atoms with Gasteiger partial charge in [0.05, 0.1) is 34.0 Å². The van der Waals surface area contributed by atoms with Gasteiger partial charge >= 0.3 is 22.5 Å². The third-order valence-corrected chi connectivity index (χ3v) is 7.85. The van der Waals surface area contributed by atoms with Crippen LogP contribution in [0.1, 0.15) is 0 Å². The van der Waals surface area contributed by atoms with E-state index in [0.29, 0.717) is 0 Å². The van der Waals surface area contributed by atoms with Gasteiger partial charge in [-0.05, 0) is 21.5 Å². The monoisotopic (exact) mass is 623 g/mol. The number of nitrogens with zero attached hydrogens (tertiary/aromatic N) is 4. The maximum atomic E-state index is 8.41. The van der Waals surface area contributed by atoms with Crippen LogP contribution in [-0.2, 0) is 22.5 Å². The van der Waals surface area contributed by atoms with Crippen LogP contribution < -0.4 is 0 Å². The molecule has 0 radical (unpaired) electrons. The normalized spacial score (nSPS) is 10.8. The molecule has 9 aromatic rings. The minimum absolute atomic E-state index is 0.906. The molecule has 0 saturated carbocycles. The van der Waals surface area contributed by atoms with Crippen molar-refractivity contribution in [3.05, 3.63) is 146 Å². The number of aromatic nitrogens is 4. The van der Waals surface area contributed by atoms with E-state index in [-0.39, 0.29) is 0 Å². The van der Waals surface area contributed by atoms with Crippen molar-refractivity contribution in [1.82, 2.24) is 19.9 Å². The number of fused-ring (bicyclic) bond motifs is 12. The number of rotatable bonds is 1. The summed E-state index contributed by atoms with van der Waals surface area (Å²) < 4.78 is 16.8. The third kappa shape index (κ3) is 5.25. The van der Waals surface area contributed by atoms with E-state index in [1.807, 2.05) is 36.5 Å². The van der Waals surface area contributed by atoms with Crippen LogP contribution in [0.5, 0.6) is 0 Å². The summed E-state index contributed by atoms with van der Waals surface area (Å²) in [6, 6.07) is 43.8. The summed E-state index contributed by atoms with van der Waals surface area (Å²) in [5, 5.41) is 9.55. The fourth-order valence-corrected chi connectivity index (χ4v) is 5.95. The SMILES string of the molecule is [O]=[Mn]=[O].c1ccc(-c2cnc3c4ccccc4c4ccccc4c3n2)cc1.c1ccc2c(c1)c1ccccc1c1nccnc21. The van der Waals surface area contributed by atoms with Gasteiger partial charge < -0.3 is 0 Å². The van der Waals surface area contributed by atoms with Gasteiger partial charge in [-0.15, -0.1) is 0 Å². The van der Waals surface area contributed by atoms with E-state index in [1.54, 1.807) is 12.4 Å². The summed E-state index contributed by atoms with van der Waals surface area (Å²) in [5.74, 6) is 0. The largest absolute Gasteiger partial charge is 0.252 e. The summed E-state index contributed by atoms with van der Waals surface area (Å²) >= 11 is -1.44. The van der Waals surface area contributed by atoms with Crippen LogP contribution in [0, 0.1) is 0 Å². The fourth-order valence-electron chi connectivity index (χ4n) is 5.95. The second-order valence-corrected chi connectivity index (χ2v) is 10.5. The van der Waals surface area contributed by atoms with Crippen molar-refractivity contribution in [2.24, 2.45) is 0 Å². The maximum Gasteiger partial charge on any atom is 0.0979 e. The Balaban J connectivity index is 0.000000138. The molecule has 6 nitrogen and oxygen atoms in total. The summed E-state index contributed by atoms with van der Waals surface area (Å²) in [4.78, 5) is 18.7. The maximum absolute atomic E-state index is 8.41. The molecule has 215 valence electrons. The van der Waals surface area contributed by atoms with Gasteiger partial charge in [-0.2, -0.15) is 0 Å². The van der Waals surface area contributed by atoms with E-state index in [4.69, 9.17) is 17.6 Å². The predicted octanol–water partition coefficient (Wildman–Crippen LogP) is 9.30. The Morgan fingerprint density at radius 1 is 0.378 bits per heavy atom. The van der Waals surface area contributed by atoms with E-state index in [2.05, 4.69) is 107 Å². The summed E-state index contributed by atoms with van der Waals surface area (Å²) in [7, 11) is 0. The molecule has 0 unspecified atom stereocenters. The van der Waals surface area contributed by atoms with Crippen LogP contribution in [0.15, 0.2) is 146 Å². The molecule has 0 aliphatic heterocycles. The zero-order chi connectivity index (χ0) is 30.6. The third-order valence-electron chi connectivity index (χ3n) is 7.85. The van der Waals surface area contributed by atoms with Crippen molar-refractivity contribution in [1.29, 1.82) is 0 Å². The molecule has 0 aliphatic rings.